The Hall–Kier alpha value is -3.44. The van der Waals surface area contributed by atoms with Crippen LogP contribution in [-0.4, -0.2) is 41.0 Å². The number of benzene rings is 3. The van der Waals surface area contributed by atoms with Crippen LogP contribution in [0.25, 0.3) is 0 Å². The van der Waals surface area contributed by atoms with E-state index in [4.69, 9.17) is 4.74 Å². The Kier molecular flexibility index (Phi) is 8.87. The molecule has 0 radical (unpaired) electrons. The van der Waals surface area contributed by atoms with E-state index in [-0.39, 0.29) is 24.5 Å². The Bertz CT molecular complexity index is 1180. The van der Waals surface area contributed by atoms with Crippen molar-refractivity contribution in [1.29, 1.82) is 0 Å². The molecule has 0 spiro atoms. The molecule has 1 heterocycles. The lowest BCUT2D eigenvalue weighted by molar-refractivity contribution is -0.0622. The molecule has 0 atom stereocenters. The molecule has 1 aliphatic heterocycles. The maximum atomic E-state index is 14.2. The SMILES string of the molecule is O=C(OCc1ccccc1C(=O)N(C1CCCCC1)N1CCC(Cc2ccccc2)CC1)c1ccccc1. The number of hydrazine groups is 1. The first-order valence-electron chi connectivity index (χ1n) is 14.1. The van der Waals surface area contributed by atoms with Gasteiger partial charge in [0.25, 0.3) is 5.91 Å². The highest BCUT2D eigenvalue weighted by Gasteiger charge is 2.34. The van der Waals surface area contributed by atoms with Crippen LogP contribution in [0.3, 0.4) is 0 Å². The minimum Gasteiger partial charge on any atom is -0.457 e. The maximum Gasteiger partial charge on any atom is 0.338 e. The second-order valence-corrected chi connectivity index (χ2v) is 10.6. The van der Waals surface area contributed by atoms with Crippen molar-refractivity contribution in [2.24, 2.45) is 5.92 Å². The van der Waals surface area contributed by atoms with Gasteiger partial charge in [-0.2, -0.15) is 0 Å². The van der Waals surface area contributed by atoms with Gasteiger partial charge in [-0.25, -0.2) is 9.80 Å². The van der Waals surface area contributed by atoms with Crippen LogP contribution in [0.5, 0.6) is 0 Å². The Morgan fingerprint density at radius 1 is 0.763 bits per heavy atom. The minimum atomic E-state index is -0.377. The number of piperidine rings is 1. The first-order chi connectivity index (χ1) is 18.7. The van der Waals surface area contributed by atoms with E-state index in [0.717, 1.165) is 63.6 Å². The number of nitrogens with zero attached hydrogens (tertiary/aromatic N) is 2. The molecule has 38 heavy (non-hydrogen) atoms. The van der Waals surface area contributed by atoms with Gasteiger partial charge < -0.3 is 4.74 Å². The van der Waals surface area contributed by atoms with Gasteiger partial charge in [0, 0.05) is 30.3 Å². The second-order valence-electron chi connectivity index (χ2n) is 10.6. The summed E-state index contributed by atoms with van der Waals surface area (Å²) in [6, 6.07) is 27.5. The number of amides is 1. The summed E-state index contributed by atoms with van der Waals surface area (Å²) in [5.74, 6) is 0.295. The van der Waals surface area contributed by atoms with Gasteiger partial charge in [-0.15, -0.1) is 0 Å². The van der Waals surface area contributed by atoms with Crippen LogP contribution in [0.15, 0.2) is 84.9 Å². The normalized spacial score (nSPS) is 17.2. The molecule has 2 fully saturated rings. The Balaban J connectivity index is 1.30. The van der Waals surface area contributed by atoms with Crippen LogP contribution >= 0.6 is 0 Å². The molecule has 1 amide bonds. The highest BCUT2D eigenvalue weighted by molar-refractivity contribution is 5.96. The molecule has 3 aromatic carbocycles. The van der Waals surface area contributed by atoms with Crippen molar-refractivity contribution in [1.82, 2.24) is 10.0 Å². The minimum absolute atomic E-state index is 0.0322. The lowest BCUT2D eigenvalue weighted by Crippen LogP contribution is -2.55. The number of hydrogen-bond donors (Lipinski definition) is 0. The van der Waals surface area contributed by atoms with Crippen LogP contribution in [0, 0.1) is 5.92 Å². The van der Waals surface area contributed by atoms with Gasteiger partial charge in [0.2, 0.25) is 0 Å². The fraction of sp³-hybridized carbons (Fsp3) is 0.394. The average molecular weight is 511 g/mol. The average Bonchev–Trinajstić information content (AvgIpc) is 2.98. The number of esters is 1. The summed E-state index contributed by atoms with van der Waals surface area (Å²) < 4.78 is 5.62. The van der Waals surface area contributed by atoms with Crippen molar-refractivity contribution < 1.29 is 14.3 Å². The molecule has 0 unspecified atom stereocenters. The molecule has 1 aliphatic carbocycles. The van der Waals surface area contributed by atoms with E-state index in [1.165, 1.54) is 12.0 Å². The van der Waals surface area contributed by atoms with E-state index in [9.17, 15) is 9.59 Å². The monoisotopic (exact) mass is 510 g/mol. The maximum absolute atomic E-state index is 14.2. The lowest BCUT2D eigenvalue weighted by Gasteiger charge is -2.45. The quantitative estimate of drug-likeness (QED) is 0.317. The predicted octanol–water partition coefficient (Wildman–Crippen LogP) is 6.69. The van der Waals surface area contributed by atoms with Gasteiger partial charge in [-0.05, 0) is 61.8 Å². The third-order valence-electron chi connectivity index (χ3n) is 8.01. The molecule has 198 valence electrons. The zero-order chi connectivity index (χ0) is 26.2. The van der Waals surface area contributed by atoms with Crippen molar-refractivity contribution in [3.63, 3.8) is 0 Å². The number of carbonyl (C=O) groups excluding carboxylic acids is 2. The van der Waals surface area contributed by atoms with E-state index in [0.29, 0.717) is 17.0 Å². The number of rotatable bonds is 8. The zero-order valence-corrected chi connectivity index (χ0v) is 22.1. The van der Waals surface area contributed by atoms with Crippen molar-refractivity contribution in [3.05, 3.63) is 107 Å². The van der Waals surface area contributed by atoms with Gasteiger partial charge in [0.1, 0.15) is 6.61 Å². The molecule has 3 aromatic rings. The molecular weight excluding hydrogens is 472 g/mol. The van der Waals surface area contributed by atoms with E-state index >= 15 is 0 Å². The van der Waals surface area contributed by atoms with Crippen molar-refractivity contribution >= 4 is 11.9 Å². The third-order valence-corrected chi connectivity index (χ3v) is 8.01. The van der Waals surface area contributed by atoms with Gasteiger partial charge in [-0.3, -0.25) is 9.80 Å². The smallest absolute Gasteiger partial charge is 0.338 e. The number of carbonyl (C=O) groups is 2. The van der Waals surface area contributed by atoms with Crippen LogP contribution < -0.4 is 0 Å². The first kappa shape index (κ1) is 26.2. The second kappa shape index (κ2) is 12.9. The first-order valence-corrected chi connectivity index (χ1v) is 14.1. The van der Waals surface area contributed by atoms with E-state index in [1.807, 2.05) is 42.5 Å². The fourth-order valence-corrected chi connectivity index (χ4v) is 5.92. The number of ether oxygens (including phenoxy) is 1. The molecule has 5 rings (SSSR count). The summed E-state index contributed by atoms with van der Waals surface area (Å²) in [5.41, 5.74) is 3.29. The summed E-state index contributed by atoms with van der Waals surface area (Å²) in [5, 5.41) is 4.39. The topological polar surface area (TPSA) is 49.9 Å². The largest absolute Gasteiger partial charge is 0.457 e. The third kappa shape index (κ3) is 6.51. The van der Waals surface area contributed by atoms with Gasteiger partial charge >= 0.3 is 5.97 Å². The van der Waals surface area contributed by atoms with E-state index in [1.54, 1.807) is 12.1 Å². The fourth-order valence-electron chi connectivity index (χ4n) is 5.92. The molecule has 0 bridgehead atoms. The Morgan fingerprint density at radius 3 is 2.11 bits per heavy atom. The standard InChI is InChI=1S/C33H38N2O3/c36-32(31-19-11-10-16-29(31)25-38-33(37)28-14-6-2-7-15-28)35(30-17-8-3-9-18-30)34-22-20-27(21-23-34)24-26-12-4-1-5-13-26/h1-2,4-7,10-16,19,27,30H,3,8-9,17-18,20-25H2. The molecule has 5 heteroatoms. The van der Waals surface area contributed by atoms with Crippen molar-refractivity contribution in [2.45, 2.75) is 64.0 Å². The van der Waals surface area contributed by atoms with Gasteiger partial charge in [-0.1, -0.05) is 86.0 Å². The summed E-state index contributed by atoms with van der Waals surface area (Å²) >= 11 is 0. The van der Waals surface area contributed by atoms with Crippen LogP contribution in [0.1, 0.15) is 76.8 Å². The van der Waals surface area contributed by atoms with Crippen molar-refractivity contribution in [3.8, 4) is 0 Å². The zero-order valence-electron chi connectivity index (χ0n) is 22.1. The van der Waals surface area contributed by atoms with Crippen LogP contribution in [0.4, 0.5) is 0 Å². The molecule has 2 aliphatic rings. The number of hydrogen-bond acceptors (Lipinski definition) is 4. The highest BCUT2D eigenvalue weighted by Crippen LogP contribution is 2.30. The van der Waals surface area contributed by atoms with E-state index < -0.39 is 0 Å². The van der Waals surface area contributed by atoms with Crippen LogP contribution in [0.2, 0.25) is 0 Å². The van der Waals surface area contributed by atoms with Gasteiger partial charge in [0.05, 0.1) is 5.56 Å². The van der Waals surface area contributed by atoms with Gasteiger partial charge in [0.15, 0.2) is 0 Å². The van der Waals surface area contributed by atoms with E-state index in [2.05, 4.69) is 40.3 Å². The summed E-state index contributed by atoms with van der Waals surface area (Å²) in [6.07, 6.45) is 8.92. The lowest BCUT2D eigenvalue weighted by atomic mass is 9.90. The Labute approximate surface area is 226 Å². The Morgan fingerprint density at radius 2 is 1.39 bits per heavy atom. The predicted molar refractivity (Wildman–Crippen MR) is 149 cm³/mol. The van der Waals surface area contributed by atoms with Crippen LogP contribution in [-0.2, 0) is 17.8 Å². The molecule has 1 saturated carbocycles. The van der Waals surface area contributed by atoms with Crippen molar-refractivity contribution in [2.75, 3.05) is 13.1 Å². The summed E-state index contributed by atoms with van der Waals surface area (Å²) in [7, 11) is 0. The molecular formula is C33H38N2O3. The molecule has 0 N–H and O–H groups in total. The summed E-state index contributed by atoms with van der Waals surface area (Å²) in [4.78, 5) is 26.8. The molecule has 0 aromatic heterocycles. The molecule has 1 saturated heterocycles. The molecule has 5 nitrogen and oxygen atoms in total. The summed E-state index contributed by atoms with van der Waals surface area (Å²) in [6.45, 7) is 1.86. The highest BCUT2D eigenvalue weighted by atomic mass is 16.5.